The molecule has 1 saturated carbocycles. The number of rotatable bonds is 8. The lowest BCUT2D eigenvalue weighted by Gasteiger charge is -2.12. The molecule has 0 heterocycles. The maximum absolute atomic E-state index is 12.2. The van der Waals surface area contributed by atoms with Crippen molar-refractivity contribution in [3.8, 4) is 0 Å². The minimum Gasteiger partial charge on any atom is -0.315 e. The molecule has 21 heavy (non-hydrogen) atoms. The molecule has 0 spiro atoms. The van der Waals surface area contributed by atoms with E-state index in [2.05, 4.69) is 23.9 Å². The fourth-order valence-corrected chi connectivity index (χ4v) is 3.66. The molecule has 0 radical (unpaired) electrons. The molecule has 118 valence electrons. The minimum absolute atomic E-state index is 0.222. The molecule has 0 atom stereocenters. The van der Waals surface area contributed by atoms with Crippen LogP contribution in [0, 0.1) is 0 Å². The van der Waals surface area contributed by atoms with Crippen molar-refractivity contribution in [3.05, 3.63) is 29.8 Å². The monoisotopic (exact) mass is 310 g/mol. The van der Waals surface area contributed by atoms with Gasteiger partial charge >= 0.3 is 0 Å². The average Bonchev–Trinajstić information content (AvgIpc) is 3.11. The zero-order valence-corrected chi connectivity index (χ0v) is 14.0. The van der Waals surface area contributed by atoms with E-state index < -0.39 is 10.0 Å². The summed E-state index contributed by atoms with van der Waals surface area (Å²) in [6, 6.07) is 7.75. The van der Waals surface area contributed by atoms with E-state index in [1.165, 1.54) is 5.56 Å². The first kappa shape index (κ1) is 16.5. The van der Waals surface area contributed by atoms with Crippen molar-refractivity contribution in [2.75, 3.05) is 6.54 Å². The highest BCUT2D eigenvalue weighted by Gasteiger charge is 2.41. The SMILES string of the molecule is CC(C)NCCCc1ccc(S(=O)(=O)NC2(C)CC2)cc1. The molecule has 0 aromatic heterocycles. The Balaban J connectivity index is 1.89. The van der Waals surface area contributed by atoms with Crippen LogP contribution in [-0.2, 0) is 16.4 Å². The van der Waals surface area contributed by atoms with Gasteiger partial charge in [-0.05, 0) is 56.8 Å². The van der Waals surface area contributed by atoms with E-state index in [0.29, 0.717) is 10.9 Å². The maximum atomic E-state index is 12.2. The molecule has 4 nitrogen and oxygen atoms in total. The van der Waals surface area contributed by atoms with Crippen molar-refractivity contribution in [3.63, 3.8) is 0 Å². The van der Waals surface area contributed by atoms with Gasteiger partial charge in [0.2, 0.25) is 10.0 Å². The van der Waals surface area contributed by atoms with E-state index in [-0.39, 0.29) is 5.54 Å². The molecule has 1 aromatic rings. The van der Waals surface area contributed by atoms with E-state index in [9.17, 15) is 8.42 Å². The molecule has 1 aliphatic rings. The number of nitrogens with one attached hydrogen (secondary N) is 2. The average molecular weight is 310 g/mol. The first-order valence-electron chi connectivity index (χ1n) is 7.67. The number of aryl methyl sites for hydroxylation is 1. The lowest BCUT2D eigenvalue weighted by Crippen LogP contribution is -2.34. The van der Waals surface area contributed by atoms with Gasteiger partial charge in [0.25, 0.3) is 0 Å². The predicted molar refractivity (Wildman–Crippen MR) is 85.9 cm³/mol. The molecular weight excluding hydrogens is 284 g/mol. The molecule has 1 fully saturated rings. The third-order valence-electron chi connectivity index (χ3n) is 3.81. The predicted octanol–water partition coefficient (Wildman–Crippen LogP) is 2.45. The Morgan fingerprint density at radius 2 is 1.81 bits per heavy atom. The molecule has 2 rings (SSSR count). The van der Waals surface area contributed by atoms with Crippen molar-refractivity contribution in [2.24, 2.45) is 0 Å². The Morgan fingerprint density at radius 1 is 1.19 bits per heavy atom. The van der Waals surface area contributed by atoms with Crippen molar-refractivity contribution in [2.45, 2.75) is 62.9 Å². The van der Waals surface area contributed by atoms with Crippen molar-refractivity contribution in [1.29, 1.82) is 0 Å². The summed E-state index contributed by atoms with van der Waals surface area (Å²) in [6.45, 7) is 7.19. The fraction of sp³-hybridized carbons (Fsp3) is 0.625. The first-order valence-corrected chi connectivity index (χ1v) is 9.15. The van der Waals surface area contributed by atoms with Gasteiger partial charge in [-0.2, -0.15) is 0 Å². The lowest BCUT2D eigenvalue weighted by molar-refractivity contribution is 0.557. The summed E-state index contributed by atoms with van der Waals surface area (Å²) in [6.07, 6.45) is 3.87. The van der Waals surface area contributed by atoms with E-state index in [4.69, 9.17) is 0 Å². The van der Waals surface area contributed by atoms with Crippen molar-refractivity contribution in [1.82, 2.24) is 10.0 Å². The van der Waals surface area contributed by atoms with Gasteiger partial charge in [0.1, 0.15) is 0 Å². The molecule has 0 unspecified atom stereocenters. The second-order valence-electron chi connectivity index (χ2n) is 6.52. The van der Waals surface area contributed by atoms with Crippen LogP contribution in [0.4, 0.5) is 0 Å². The largest absolute Gasteiger partial charge is 0.315 e. The standard InChI is InChI=1S/C16H26N2O2S/c1-13(2)17-12-4-5-14-6-8-15(9-7-14)21(19,20)18-16(3)10-11-16/h6-9,13,17-18H,4-5,10-12H2,1-3H3. The highest BCUT2D eigenvalue weighted by atomic mass is 32.2. The van der Waals surface area contributed by atoms with E-state index in [1.54, 1.807) is 12.1 Å². The van der Waals surface area contributed by atoms with Crippen LogP contribution in [0.15, 0.2) is 29.2 Å². The van der Waals surface area contributed by atoms with E-state index in [0.717, 1.165) is 32.2 Å². The second kappa shape index (κ2) is 6.46. The van der Waals surface area contributed by atoms with Gasteiger partial charge in [-0.25, -0.2) is 13.1 Å². The third kappa shape index (κ3) is 5.09. The normalized spacial score (nSPS) is 17.1. The molecule has 0 aliphatic heterocycles. The molecule has 5 heteroatoms. The highest BCUT2D eigenvalue weighted by Crippen LogP contribution is 2.35. The van der Waals surface area contributed by atoms with Gasteiger partial charge in [-0.15, -0.1) is 0 Å². The number of sulfonamides is 1. The molecule has 1 aliphatic carbocycles. The summed E-state index contributed by atoms with van der Waals surface area (Å²) in [5.74, 6) is 0. The zero-order valence-electron chi connectivity index (χ0n) is 13.1. The first-order chi connectivity index (χ1) is 9.81. The van der Waals surface area contributed by atoms with Gasteiger partial charge in [0, 0.05) is 11.6 Å². The molecule has 0 bridgehead atoms. The van der Waals surface area contributed by atoms with Crippen LogP contribution in [0.25, 0.3) is 0 Å². The smallest absolute Gasteiger partial charge is 0.241 e. The van der Waals surface area contributed by atoms with Gasteiger partial charge in [0.15, 0.2) is 0 Å². The molecule has 0 amide bonds. The van der Waals surface area contributed by atoms with Gasteiger partial charge in [-0.3, -0.25) is 0 Å². The summed E-state index contributed by atoms with van der Waals surface area (Å²) < 4.78 is 27.2. The van der Waals surface area contributed by atoms with Crippen LogP contribution >= 0.6 is 0 Å². The van der Waals surface area contributed by atoms with Crippen LogP contribution < -0.4 is 10.0 Å². The topological polar surface area (TPSA) is 58.2 Å². The zero-order chi connectivity index (χ0) is 15.5. The lowest BCUT2D eigenvalue weighted by atomic mass is 10.1. The maximum Gasteiger partial charge on any atom is 0.241 e. The number of hydrogen-bond donors (Lipinski definition) is 2. The molecule has 0 saturated heterocycles. The third-order valence-corrected chi connectivity index (χ3v) is 5.46. The van der Waals surface area contributed by atoms with Gasteiger partial charge in [0.05, 0.1) is 4.90 Å². The Morgan fingerprint density at radius 3 is 2.33 bits per heavy atom. The summed E-state index contributed by atoms with van der Waals surface area (Å²) in [7, 11) is -3.37. The Kier molecular flexibility index (Phi) is 5.07. The van der Waals surface area contributed by atoms with E-state index >= 15 is 0 Å². The fourth-order valence-electron chi connectivity index (χ4n) is 2.19. The summed E-state index contributed by atoms with van der Waals surface area (Å²) in [5.41, 5.74) is 0.956. The van der Waals surface area contributed by atoms with Crippen LogP contribution in [0.2, 0.25) is 0 Å². The Hall–Kier alpha value is -0.910. The van der Waals surface area contributed by atoms with Crippen LogP contribution in [-0.4, -0.2) is 26.5 Å². The van der Waals surface area contributed by atoms with Crippen LogP contribution in [0.5, 0.6) is 0 Å². The van der Waals surface area contributed by atoms with Crippen molar-refractivity contribution >= 4 is 10.0 Å². The summed E-state index contributed by atoms with van der Waals surface area (Å²) in [4.78, 5) is 0.361. The Labute approximate surface area is 128 Å². The minimum atomic E-state index is -3.37. The summed E-state index contributed by atoms with van der Waals surface area (Å²) >= 11 is 0. The highest BCUT2D eigenvalue weighted by molar-refractivity contribution is 7.89. The molecule has 2 N–H and O–H groups in total. The van der Waals surface area contributed by atoms with Crippen LogP contribution in [0.3, 0.4) is 0 Å². The van der Waals surface area contributed by atoms with Gasteiger partial charge < -0.3 is 5.32 Å². The summed E-state index contributed by atoms with van der Waals surface area (Å²) in [5, 5.41) is 3.38. The van der Waals surface area contributed by atoms with Crippen LogP contribution in [0.1, 0.15) is 45.6 Å². The Bertz CT molecular complexity index is 560. The quantitative estimate of drug-likeness (QED) is 0.725. The molecule has 1 aromatic carbocycles. The number of benzene rings is 1. The molecular formula is C16H26N2O2S. The second-order valence-corrected chi connectivity index (χ2v) is 8.20. The van der Waals surface area contributed by atoms with E-state index in [1.807, 2.05) is 19.1 Å². The van der Waals surface area contributed by atoms with Crippen molar-refractivity contribution < 1.29 is 8.42 Å². The van der Waals surface area contributed by atoms with Gasteiger partial charge in [-0.1, -0.05) is 26.0 Å². The number of hydrogen-bond acceptors (Lipinski definition) is 3.